The van der Waals surface area contributed by atoms with Crippen molar-refractivity contribution >= 4 is 11.6 Å². The summed E-state index contributed by atoms with van der Waals surface area (Å²) in [6, 6.07) is 3.59. The molecule has 1 aliphatic rings. The lowest BCUT2D eigenvalue weighted by molar-refractivity contribution is 0.174. The summed E-state index contributed by atoms with van der Waals surface area (Å²) in [7, 11) is 0. The van der Waals surface area contributed by atoms with Crippen LogP contribution in [0.1, 0.15) is 12.1 Å². The quantitative estimate of drug-likeness (QED) is 0.786. The predicted molar refractivity (Wildman–Crippen MR) is 52.9 cm³/mol. The molecule has 1 fully saturated rings. The van der Waals surface area contributed by atoms with E-state index in [4.69, 9.17) is 11.6 Å². The molecule has 0 aliphatic carbocycles. The zero-order chi connectivity index (χ0) is 9.97. The van der Waals surface area contributed by atoms with Gasteiger partial charge in [0.1, 0.15) is 0 Å². The number of halogens is 1. The summed E-state index contributed by atoms with van der Waals surface area (Å²) in [6.45, 7) is 2.39. The number of rotatable bonds is 2. The van der Waals surface area contributed by atoms with Crippen molar-refractivity contribution in [2.45, 2.75) is 19.1 Å². The Morgan fingerprint density at radius 1 is 1.50 bits per heavy atom. The second kappa shape index (κ2) is 4.21. The van der Waals surface area contributed by atoms with Crippen LogP contribution < -0.4 is 0 Å². The van der Waals surface area contributed by atoms with Gasteiger partial charge in [0.25, 0.3) is 0 Å². The van der Waals surface area contributed by atoms with E-state index in [1.807, 2.05) is 6.07 Å². The molecule has 4 nitrogen and oxygen atoms in total. The van der Waals surface area contributed by atoms with Gasteiger partial charge in [0.05, 0.1) is 11.8 Å². The molecule has 5 heteroatoms. The van der Waals surface area contributed by atoms with Crippen molar-refractivity contribution in [1.82, 2.24) is 15.1 Å². The smallest absolute Gasteiger partial charge is 0.151 e. The molecule has 0 amide bonds. The zero-order valence-corrected chi connectivity index (χ0v) is 8.48. The molecular formula is C9H12ClN3O. The fourth-order valence-corrected chi connectivity index (χ4v) is 1.71. The monoisotopic (exact) mass is 213 g/mol. The van der Waals surface area contributed by atoms with Gasteiger partial charge in [0.2, 0.25) is 0 Å². The minimum absolute atomic E-state index is 0.185. The van der Waals surface area contributed by atoms with Crippen molar-refractivity contribution in [2.75, 3.05) is 13.1 Å². The standard InChI is InChI=1S/C9H12ClN3O/c10-9-2-1-7(11-12-9)5-13-4-3-8(14)6-13/h1-2,8,14H,3-6H2/t8-/m0/s1. The van der Waals surface area contributed by atoms with Gasteiger partial charge in [-0.2, -0.15) is 5.10 Å². The first-order chi connectivity index (χ1) is 6.74. The van der Waals surface area contributed by atoms with Crippen molar-refractivity contribution in [1.29, 1.82) is 0 Å². The summed E-state index contributed by atoms with van der Waals surface area (Å²) in [5.74, 6) is 0. The summed E-state index contributed by atoms with van der Waals surface area (Å²) in [5, 5.41) is 17.5. The number of likely N-dealkylation sites (tertiary alicyclic amines) is 1. The molecule has 0 aromatic carbocycles. The Morgan fingerprint density at radius 3 is 2.93 bits per heavy atom. The molecule has 0 saturated carbocycles. The van der Waals surface area contributed by atoms with E-state index in [9.17, 15) is 5.11 Å². The van der Waals surface area contributed by atoms with Gasteiger partial charge in [-0.05, 0) is 18.6 Å². The molecule has 1 aromatic heterocycles. The summed E-state index contributed by atoms with van der Waals surface area (Å²) in [4.78, 5) is 2.16. The van der Waals surface area contributed by atoms with Crippen LogP contribution in [0, 0.1) is 0 Å². The van der Waals surface area contributed by atoms with Gasteiger partial charge in [-0.3, -0.25) is 4.90 Å². The third kappa shape index (κ3) is 2.41. The highest BCUT2D eigenvalue weighted by Gasteiger charge is 2.20. The minimum Gasteiger partial charge on any atom is -0.392 e. The molecule has 1 aliphatic heterocycles. The second-order valence-corrected chi connectivity index (χ2v) is 3.91. The second-order valence-electron chi connectivity index (χ2n) is 3.53. The van der Waals surface area contributed by atoms with E-state index in [0.29, 0.717) is 5.15 Å². The van der Waals surface area contributed by atoms with E-state index < -0.39 is 0 Å². The molecular weight excluding hydrogens is 202 g/mol. The number of aliphatic hydroxyl groups is 1. The van der Waals surface area contributed by atoms with Crippen molar-refractivity contribution in [2.24, 2.45) is 0 Å². The number of nitrogens with zero attached hydrogens (tertiary/aromatic N) is 3. The summed E-state index contributed by atoms with van der Waals surface area (Å²) < 4.78 is 0. The predicted octanol–water partition coefficient (Wildman–Crippen LogP) is 0.697. The van der Waals surface area contributed by atoms with Crippen molar-refractivity contribution in [3.8, 4) is 0 Å². The molecule has 0 spiro atoms. The number of hydrogen-bond acceptors (Lipinski definition) is 4. The normalized spacial score (nSPS) is 22.9. The Morgan fingerprint density at radius 2 is 2.36 bits per heavy atom. The first-order valence-corrected chi connectivity index (χ1v) is 5.00. The van der Waals surface area contributed by atoms with Crippen LogP contribution in [0.3, 0.4) is 0 Å². The molecule has 1 aromatic rings. The highest BCUT2D eigenvalue weighted by Crippen LogP contribution is 2.12. The number of hydrogen-bond donors (Lipinski definition) is 1. The zero-order valence-electron chi connectivity index (χ0n) is 7.73. The molecule has 1 atom stereocenters. The van der Waals surface area contributed by atoms with Crippen LogP contribution in [0.2, 0.25) is 5.15 Å². The van der Waals surface area contributed by atoms with E-state index in [-0.39, 0.29) is 6.10 Å². The molecule has 76 valence electrons. The maximum absolute atomic E-state index is 9.32. The average molecular weight is 214 g/mol. The third-order valence-corrected chi connectivity index (χ3v) is 2.52. The molecule has 2 rings (SSSR count). The fourth-order valence-electron chi connectivity index (χ4n) is 1.61. The first kappa shape index (κ1) is 9.83. The van der Waals surface area contributed by atoms with Gasteiger partial charge in [0, 0.05) is 19.6 Å². The maximum Gasteiger partial charge on any atom is 0.151 e. The lowest BCUT2D eigenvalue weighted by Gasteiger charge is -2.13. The highest BCUT2D eigenvalue weighted by atomic mass is 35.5. The topological polar surface area (TPSA) is 49.2 Å². The number of aliphatic hydroxyl groups excluding tert-OH is 1. The van der Waals surface area contributed by atoms with E-state index in [1.54, 1.807) is 6.07 Å². The van der Waals surface area contributed by atoms with Gasteiger partial charge in [0.15, 0.2) is 5.15 Å². The van der Waals surface area contributed by atoms with Crippen LogP contribution in [-0.4, -0.2) is 39.4 Å². The molecule has 1 N–H and O–H groups in total. The summed E-state index contributed by atoms with van der Waals surface area (Å²) in [5.41, 5.74) is 0.892. The van der Waals surface area contributed by atoms with Crippen LogP contribution in [-0.2, 0) is 6.54 Å². The van der Waals surface area contributed by atoms with Crippen LogP contribution in [0.5, 0.6) is 0 Å². The maximum atomic E-state index is 9.32. The van der Waals surface area contributed by atoms with E-state index in [1.165, 1.54) is 0 Å². The Bertz CT molecular complexity index is 303. The average Bonchev–Trinajstić information content (AvgIpc) is 2.56. The van der Waals surface area contributed by atoms with E-state index in [2.05, 4.69) is 15.1 Å². The molecule has 0 bridgehead atoms. The van der Waals surface area contributed by atoms with E-state index in [0.717, 1.165) is 31.7 Å². The molecule has 1 saturated heterocycles. The van der Waals surface area contributed by atoms with Crippen LogP contribution in [0.25, 0.3) is 0 Å². The fraction of sp³-hybridized carbons (Fsp3) is 0.556. The Balaban J connectivity index is 1.94. The largest absolute Gasteiger partial charge is 0.392 e. The summed E-state index contributed by atoms with van der Waals surface area (Å²) in [6.07, 6.45) is 0.663. The van der Waals surface area contributed by atoms with Gasteiger partial charge in [-0.1, -0.05) is 11.6 Å². The van der Waals surface area contributed by atoms with Gasteiger partial charge in [-0.15, -0.1) is 5.10 Å². The molecule has 14 heavy (non-hydrogen) atoms. The highest BCUT2D eigenvalue weighted by molar-refractivity contribution is 6.29. The van der Waals surface area contributed by atoms with Gasteiger partial charge in [-0.25, -0.2) is 0 Å². The lowest BCUT2D eigenvalue weighted by atomic mass is 10.3. The molecule has 0 radical (unpaired) electrons. The van der Waals surface area contributed by atoms with Crippen molar-refractivity contribution in [3.63, 3.8) is 0 Å². The van der Waals surface area contributed by atoms with Gasteiger partial charge < -0.3 is 5.11 Å². The SMILES string of the molecule is O[C@H]1CCN(Cc2ccc(Cl)nn2)C1. The molecule has 2 heterocycles. The van der Waals surface area contributed by atoms with Crippen molar-refractivity contribution in [3.05, 3.63) is 23.0 Å². The minimum atomic E-state index is -0.185. The Hall–Kier alpha value is -0.710. The number of aromatic nitrogens is 2. The Kier molecular flexibility index (Phi) is 2.96. The lowest BCUT2D eigenvalue weighted by Crippen LogP contribution is -2.22. The van der Waals surface area contributed by atoms with Gasteiger partial charge >= 0.3 is 0 Å². The van der Waals surface area contributed by atoms with E-state index >= 15 is 0 Å². The Labute approximate surface area is 87.5 Å². The van der Waals surface area contributed by atoms with Crippen molar-refractivity contribution < 1.29 is 5.11 Å². The first-order valence-electron chi connectivity index (χ1n) is 4.62. The van der Waals surface area contributed by atoms with Crippen LogP contribution in [0.4, 0.5) is 0 Å². The number of β-amino-alcohol motifs (C(OH)–C–C–N with tert-alkyl or cyclic N) is 1. The van der Waals surface area contributed by atoms with Crippen LogP contribution >= 0.6 is 11.6 Å². The summed E-state index contributed by atoms with van der Waals surface area (Å²) >= 11 is 5.62. The molecule has 0 unspecified atom stereocenters. The third-order valence-electron chi connectivity index (χ3n) is 2.32. The van der Waals surface area contributed by atoms with Crippen LogP contribution in [0.15, 0.2) is 12.1 Å².